The molecule has 0 saturated heterocycles. The Morgan fingerprint density at radius 3 is 2.81 bits per heavy atom. The van der Waals surface area contributed by atoms with Gasteiger partial charge in [-0.25, -0.2) is 9.67 Å². The molecular weight excluding hydrogens is 206 g/mol. The Bertz CT molecular complexity index is 383. The van der Waals surface area contributed by atoms with Crippen molar-refractivity contribution in [2.45, 2.75) is 33.2 Å². The van der Waals surface area contributed by atoms with Crippen LogP contribution in [-0.2, 0) is 16.1 Å². The molecule has 1 aromatic heterocycles. The van der Waals surface area contributed by atoms with E-state index < -0.39 is 0 Å². The van der Waals surface area contributed by atoms with Crippen molar-refractivity contribution in [3.63, 3.8) is 0 Å². The van der Waals surface area contributed by atoms with Gasteiger partial charge in [0.1, 0.15) is 6.54 Å². The van der Waals surface area contributed by atoms with Crippen LogP contribution in [0.15, 0.2) is 6.58 Å². The van der Waals surface area contributed by atoms with Crippen LogP contribution in [0.1, 0.15) is 38.3 Å². The van der Waals surface area contributed by atoms with Gasteiger partial charge in [0.05, 0.1) is 6.61 Å². The van der Waals surface area contributed by atoms with Crippen molar-refractivity contribution in [2.75, 3.05) is 6.61 Å². The average Bonchev–Trinajstić information content (AvgIpc) is 2.61. The Hall–Kier alpha value is -1.65. The third kappa shape index (κ3) is 2.92. The molecule has 1 aromatic rings. The average molecular weight is 223 g/mol. The number of esters is 1. The van der Waals surface area contributed by atoms with E-state index in [-0.39, 0.29) is 18.4 Å². The van der Waals surface area contributed by atoms with Crippen molar-refractivity contribution >= 4 is 12.0 Å². The predicted molar refractivity (Wildman–Crippen MR) is 60.8 cm³/mol. The summed E-state index contributed by atoms with van der Waals surface area (Å²) in [6.45, 7) is 9.85. The van der Waals surface area contributed by atoms with E-state index in [1.807, 2.05) is 13.8 Å². The molecule has 0 amide bonds. The normalized spacial score (nSPS) is 10.5. The molecule has 0 aromatic carbocycles. The van der Waals surface area contributed by atoms with Gasteiger partial charge in [0.2, 0.25) is 0 Å². The lowest BCUT2D eigenvalue weighted by Crippen LogP contribution is -2.15. The second-order valence-electron chi connectivity index (χ2n) is 3.65. The van der Waals surface area contributed by atoms with Crippen LogP contribution in [0.5, 0.6) is 0 Å². The van der Waals surface area contributed by atoms with E-state index in [0.29, 0.717) is 18.3 Å². The standard InChI is InChI=1S/C11H17N3O2/c1-5-9-12-11(8(3)4)13-14(9)7-10(15)16-6-2/h5,8H,1,6-7H2,2-4H3. The van der Waals surface area contributed by atoms with Crippen LogP contribution in [0, 0.1) is 0 Å². The van der Waals surface area contributed by atoms with Crippen LogP contribution in [0.4, 0.5) is 0 Å². The summed E-state index contributed by atoms with van der Waals surface area (Å²) in [7, 11) is 0. The van der Waals surface area contributed by atoms with Gasteiger partial charge in [0.25, 0.3) is 0 Å². The highest BCUT2D eigenvalue weighted by molar-refractivity contribution is 5.69. The lowest BCUT2D eigenvalue weighted by Gasteiger charge is -2.02. The molecule has 0 atom stereocenters. The summed E-state index contributed by atoms with van der Waals surface area (Å²) < 4.78 is 6.37. The number of hydrogen-bond donors (Lipinski definition) is 0. The molecule has 0 fully saturated rings. The molecule has 0 spiro atoms. The van der Waals surface area contributed by atoms with E-state index in [0.717, 1.165) is 0 Å². The van der Waals surface area contributed by atoms with E-state index in [4.69, 9.17) is 4.74 Å². The molecule has 16 heavy (non-hydrogen) atoms. The molecule has 0 aliphatic heterocycles. The van der Waals surface area contributed by atoms with Gasteiger partial charge < -0.3 is 4.74 Å². The van der Waals surface area contributed by atoms with E-state index in [1.165, 1.54) is 4.68 Å². The molecule has 88 valence electrons. The highest BCUT2D eigenvalue weighted by atomic mass is 16.5. The first-order valence-corrected chi connectivity index (χ1v) is 5.31. The zero-order valence-corrected chi connectivity index (χ0v) is 9.93. The van der Waals surface area contributed by atoms with Gasteiger partial charge >= 0.3 is 5.97 Å². The van der Waals surface area contributed by atoms with Crippen LogP contribution in [0.25, 0.3) is 6.08 Å². The quantitative estimate of drug-likeness (QED) is 0.711. The van der Waals surface area contributed by atoms with Crippen LogP contribution in [0.3, 0.4) is 0 Å². The Balaban J connectivity index is 2.85. The molecule has 0 N–H and O–H groups in total. The molecule has 5 nitrogen and oxygen atoms in total. The first-order valence-electron chi connectivity index (χ1n) is 5.31. The highest BCUT2D eigenvalue weighted by Crippen LogP contribution is 2.10. The topological polar surface area (TPSA) is 57.0 Å². The Morgan fingerprint density at radius 2 is 2.31 bits per heavy atom. The van der Waals surface area contributed by atoms with Gasteiger partial charge in [-0.3, -0.25) is 4.79 Å². The van der Waals surface area contributed by atoms with Crippen LogP contribution >= 0.6 is 0 Å². The number of rotatable bonds is 5. The Morgan fingerprint density at radius 1 is 1.62 bits per heavy atom. The highest BCUT2D eigenvalue weighted by Gasteiger charge is 2.13. The van der Waals surface area contributed by atoms with E-state index in [2.05, 4.69) is 16.7 Å². The van der Waals surface area contributed by atoms with Crippen molar-refractivity contribution < 1.29 is 9.53 Å². The molecule has 1 heterocycles. The molecular formula is C11H17N3O2. The van der Waals surface area contributed by atoms with Gasteiger partial charge in [-0.1, -0.05) is 20.4 Å². The third-order valence-corrected chi connectivity index (χ3v) is 2.00. The fourth-order valence-corrected chi connectivity index (χ4v) is 1.21. The van der Waals surface area contributed by atoms with Crippen LogP contribution < -0.4 is 0 Å². The van der Waals surface area contributed by atoms with Gasteiger partial charge in [0, 0.05) is 5.92 Å². The third-order valence-electron chi connectivity index (χ3n) is 2.00. The Labute approximate surface area is 95.1 Å². The summed E-state index contributed by atoms with van der Waals surface area (Å²) in [5.74, 6) is 1.21. The Kier molecular flexibility index (Phi) is 4.22. The zero-order chi connectivity index (χ0) is 12.1. The molecule has 0 bridgehead atoms. The second-order valence-corrected chi connectivity index (χ2v) is 3.65. The number of carbonyl (C=O) groups excluding carboxylic acids is 1. The summed E-state index contributed by atoms with van der Waals surface area (Å²) in [5.41, 5.74) is 0. The summed E-state index contributed by atoms with van der Waals surface area (Å²) in [6, 6.07) is 0. The van der Waals surface area contributed by atoms with E-state index in [1.54, 1.807) is 13.0 Å². The van der Waals surface area contributed by atoms with Crippen LogP contribution in [-0.4, -0.2) is 27.3 Å². The maximum atomic E-state index is 11.3. The minimum absolute atomic E-state index is 0.0783. The SMILES string of the molecule is C=Cc1nc(C(C)C)nn1CC(=O)OCC. The molecule has 5 heteroatoms. The number of nitrogens with zero attached hydrogens (tertiary/aromatic N) is 3. The molecule has 1 rings (SSSR count). The number of aromatic nitrogens is 3. The lowest BCUT2D eigenvalue weighted by atomic mass is 10.2. The largest absolute Gasteiger partial charge is 0.465 e. The van der Waals surface area contributed by atoms with Crippen molar-refractivity contribution in [3.05, 3.63) is 18.2 Å². The first-order chi connectivity index (χ1) is 7.58. The van der Waals surface area contributed by atoms with Gasteiger partial charge in [-0.05, 0) is 13.0 Å². The smallest absolute Gasteiger partial charge is 0.327 e. The number of ether oxygens (including phenoxy) is 1. The number of hydrogen-bond acceptors (Lipinski definition) is 4. The molecule has 0 aliphatic carbocycles. The van der Waals surface area contributed by atoms with Crippen molar-refractivity contribution in [1.82, 2.24) is 14.8 Å². The minimum atomic E-state index is -0.314. The fraction of sp³-hybridized carbons (Fsp3) is 0.545. The minimum Gasteiger partial charge on any atom is -0.465 e. The summed E-state index contributed by atoms with van der Waals surface area (Å²) in [4.78, 5) is 15.6. The van der Waals surface area contributed by atoms with E-state index in [9.17, 15) is 4.79 Å². The molecule has 0 aliphatic rings. The molecule has 0 unspecified atom stereocenters. The maximum absolute atomic E-state index is 11.3. The lowest BCUT2D eigenvalue weighted by molar-refractivity contribution is -0.144. The van der Waals surface area contributed by atoms with Crippen LogP contribution in [0.2, 0.25) is 0 Å². The maximum Gasteiger partial charge on any atom is 0.327 e. The summed E-state index contributed by atoms with van der Waals surface area (Å²) >= 11 is 0. The van der Waals surface area contributed by atoms with Gasteiger partial charge in [-0.15, -0.1) is 0 Å². The summed E-state index contributed by atoms with van der Waals surface area (Å²) in [6.07, 6.45) is 1.58. The van der Waals surface area contributed by atoms with Gasteiger partial charge in [0.15, 0.2) is 11.6 Å². The van der Waals surface area contributed by atoms with Gasteiger partial charge in [-0.2, -0.15) is 5.10 Å². The van der Waals surface area contributed by atoms with Crippen molar-refractivity contribution in [1.29, 1.82) is 0 Å². The summed E-state index contributed by atoms with van der Waals surface area (Å²) in [5, 5.41) is 4.24. The monoisotopic (exact) mass is 223 g/mol. The predicted octanol–water partition coefficient (Wildman–Crippen LogP) is 1.61. The zero-order valence-electron chi connectivity index (χ0n) is 9.93. The molecule has 0 saturated carbocycles. The molecule has 0 radical (unpaired) electrons. The number of carbonyl (C=O) groups is 1. The first kappa shape index (κ1) is 12.4. The second kappa shape index (κ2) is 5.44. The van der Waals surface area contributed by atoms with Crippen molar-refractivity contribution in [2.24, 2.45) is 0 Å². The van der Waals surface area contributed by atoms with Crippen molar-refractivity contribution in [3.8, 4) is 0 Å². The fourth-order valence-electron chi connectivity index (χ4n) is 1.21. The van der Waals surface area contributed by atoms with E-state index >= 15 is 0 Å².